The smallest absolute Gasteiger partial charge is 0.148 e. The second-order valence-electron chi connectivity index (χ2n) is 7.38. The number of aromatic nitrogens is 4. The van der Waals surface area contributed by atoms with E-state index in [1.165, 1.54) is 0 Å². The molecule has 0 amide bonds. The largest absolute Gasteiger partial charge is 0.385 e. The Kier molecular flexibility index (Phi) is 5.07. The molecule has 0 aromatic carbocycles. The summed E-state index contributed by atoms with van der Waals surface area (Å²) in [5.74, 6) is 1.46. The van der Waals surface area contributed by atoms with E-state index in [-0.39, 0.29) is 12.0 Å². The number of hydrogen-bond donors (Lipinski definition) is 2. The van der Waals surface area contributed by atoms with Crippen molar-refractivity contribution < 1.29 is 9.90 Å². The summed E-state index contributed by atoms with van der Waals surface area (Å²) in [6.07, 6.45) is 4.00. The number of aldehydes is 1. The maximum absolute atomic E-state index is 10.9. The van der Waals surface area contributed by atoms with E-state index in [2.05, 4.69) is 20.3 Å². The number of aryl methyl sites for hydroxylation is 3. The standard InChI is InChI=1S/C20H23N5O2S/c1-10-17(20-25-18-11(2)21-7-6-16(18)28-20)19(23-12(3)22-10)24-14-5-4-13(8-14)15(27)9-26/h6-7,9,13-15,27H,4-5,8H2,1-3H3,(H,22,23,24). The number of nitrogens with zero attached hydrogens (tertiary/aromatic N) is 4. The van der Waals surface area contributed by atoms with E-state index in [0.717, 1.165) is 57.3 Å². The van der Waals surface area contributed by atoms with Gasteiger partial charge in [-0.3, -0.25) is 4.98 Å². The van der Waals surface area contributed by atoms with Crippen LogP contribution in [-0.2, 0) is 4.79 Å². The molecule has 3 aromatic heterocycles. The van der Waals surface area contributed by atoms with Gasteiger partial charge in [-0.1, -0.05) is 0 Å². The monoisotopic (exact) mass is 397 g/mol. The van der Waals surface area contributed by atoms with Gasteiger partial charge in [-0.2, -0.15) is 0 Å². The van der Waals surface area contributed by atoms with E-state index in [1.807, 2.05) is 26.8 Å². The summed E-state index contributed by atoms with van der Waals surface area (Å²) in [6, 6.07) is 2.13. The molecule has 0 bridgehead atoms. The van der Waals surface area contributed by atoms with Gasteiger partial charge in [0.1, 0.15) is 34.6 Å². The molecule has 0 spiro atoms. The van der Waals surface area contributed by atoms with Crippen molar-refractivity contribution in [1.82, 2.24) is 19.9 Å². The third-order valence-electron chi connectivity index (χ3n) is 5.34. The highest BCUT2D eigenvalue weighted by Crippen LogP contribution is 2.38. The molecule has 0 aliphatic heterocycles. The third-order valence-corrected chi connectivity index (χ3v) is 6.38. The number of rotatable bonds is 5. The van der Waals surface area contributed by atoms with Crippen LogP contribution < -0.4 is 5.32 Å². The second-order valence-corrected chi connectivity index (χ2v) is 8.41. The van der Waals surface area contributed by atoms with E-state index in [4.69, 9.17) is 4.98 Å². The molecule has 3 atom stereocenters. The Hall–Kier alpha value is -2.45. The van der Waals surface area contributed by atoms with Crippen molar-refractivity contribution in [3.8, 4) is 10.6 Å². The van der Waals surface area contributed by atoms with E-state index < -0.39 is 6.10 Å². The van der Waals surface area contributed by atoms with E-state index in [0.29, 0.717) is 12.1 Å². The average Bonchev–Trinajstić information content (AvgIpc) is 3.28. The van der Waals surface area contributed by atoms with Gasteiger partial charge in [0.25, 0.3) is 0 Å². The van der Waals surface area contributed by atoms with Gasteiger partial charge in [-0.15, -0.1) is 11.3 Å². The summed E-state index contributed by atoms with van der Waals surface area (Å²) in [5.41, 5.74) is 3.60. The van der Waals surface area contributed by atoms with E-state index >= 15 is 0 Å². The zero-order valence-corrected chi connectivity index (χ0v) is 17.0. The molecule has 2 N–H and O–H groups in total. The molecule has 1 aliphatic rings. The molecule has 28 heavy (non-hydrogen) atoms. The van der Waals surface area contributed by atoms with Crippen LogP contribution in [0.3, 0.4) is 0 Å². The molecule has 3 unspecified atom stereocenters. The van der Waals surface area contributed by atoms with Crippen molar-refractivity contribution in [3.05, 3.63) is 29.5 Å². The minimum absolute atomic E-state index is 0.00124. The molecular formula is C20H23N5O2S. The number of anilines is 1. The Morgan fingerprint density at radius 3 is 2.79 bits per heavy atom. The molecule has 7 nitrogen and oxygen atoms in total. The Balaban J connectivity index is 1.70. The van der Waals surface area contributed by atoms with Gasteiger partial charge in [-0.05, 0) is 52.0 Å². The number of aliphatic hydroxyl groups is 1. The average molecular weight is 398 g/mol. The number of fused-ring (bicyclic) bond motifs is 1. The number of hydrogen-bond acceptors (Lipinski definition) is 8. The summed E-state index contributed by atoms with van der Waals surface area (Å²) in [5, 5.41) is 14.2. The summed E-state index contributed by atoms with van der Waals surface area (Å²) in [4.78, 5) is 29.2. The van der Waals surface area contributed by atoms with Gasteiger partial charge in [0.2, 0.25) is 0 Å². The molecule has 4 rings (SSSR count). The van der Waals surface area contributed by atoms with Crippen LogP contribution in [-0.4, -0.2) is 43.5 Å². The molecule has 1 saturated carbocycles. The van der Waals surface area contributed by atoms with Gasteiger partial charge in [0.05, 0.1) is 21.7 Å². The van der Waals surface area contributed by atoms with Crippen LogP contribution in [0.4, 0.5) is 5.82 Å². The number of carbonyl (C=O) groups is 1. The van der Waals surface area contributed by atoms with Crippen LogP contribution in [0.1, 0.15) is 36.5 Å². The predicted molar refractivity (Wildman–Crippen MR) is 109 cm³/mol. The van der Waals surface area contributed by atoms with Crippen molar-refractivity contribution in [2.75, 3.05) is 5.32 Å². The predicted octanol–water partition coefficient (Wildman–Crippen LogP) is 3.21. The Morgan fingerprint density at radius 1 is 1.21 bits per heavy atom. The lowest BCUT2D eigenvalue weighted by Crippen LogP contribution is -2.23. The van der Waals surface area contributed by atoms with Gasteiger partial charge in [-0.25, -0.2) is 15.0 Å². The number of pyridine rings is 1. The summed E-state index contributed by atoms with van der Waals surface area (Å²) in [6.45, 7) is 5.81. The van der Waals surface area contributed by atoms with Crippen molar-refractivity contribution in [2.24, 2.45) is 5.92 Å². The van der Waals surface area contributed by atoms with Crippen molar-refractivity contribution >= 4 is 33.7 Å². The first-order chi connectivity index (χ1) is 13.5. The van der Waals surface area contributed by atoms with Crippen LogP contribution in [0, 0.1) is 26.7 Å². The van der Waals surface area contributed by atoms with Gasteiger partial charge in [0, 0.05) is 12.2 Å². The molecular weight excluding hydrogens is 374 g/mol. The fourth-order valence-electron chi connectivity index (χ4n) is 3.92. The zero-order valence-electron chi connectivity index (χ0n) is 16.1. The summed E-state index contributed by atoms with van der Waals surface area (Å²) in [7, 11) is 0. The molecule has 3 aromatic rings. The third kappa shape index (κ3) is 3.49. The lowest BCUT2D eigenvalue weighted by molar-refractivity contribution is -0.117. The first kappa shape index (κ1) is 18.9. The molecule has 3 heterocycles. The molecule has 146 valence electrons. The van der Waals surface area contributed by atoms with Crippen LogP contribution >= 0.6 is 11.3 Å². The van der Waals surface area contributed by atoms with E-state index in [9.17, 15) is 9.90 Å². The number of carbonyl (C=O) groups excluding carboxylic acids is 1. The second kappa shape index (κ2) is 7.52. The highest BCUT2D eigenvalue weighted by molar-refractivity contribution is 7.21. The Morgan fingerprint density at radius 2 is 2.04 bits per heavy atom. The fraction of sp³-hybridized carbons (Fsp3) is 0.450. The maximum Gasteiger partial charge on any atom is 0.148 e. The van der Waals surface area contributed by atoms with Crippen LogP contribution in [0.15, 0.2) is 12.3 Å². The number of aliphatic hydroxyl groups excluding tert-OH is 1. The molecule has 0 radical (unpaired) electrons. The Bertz CT molecular complexity index is 1030. The molecule has 1 fully saturated rings. The molecule has 0 saturated heterocycles. The minimum Gasteiger partial charge on any atom is -0.385 e. The van der Waals surface area contributed by atoms with Gasteiger partial charge >= 0.3 is 0 Å². The lowest BCUT2D eigenvalue weighted by atomic mass is 10.0. The topological polar surface area (TPSA) is 101 Å². The number of thiazole rings is 1. The van der Waals surface area contributed by atoms with Crippen LogP contribution in [0.5, 0.6) is 0 Å². The van der Waals surface area contributed by atoms with Gasteiger partial charge in [0.15, 0.2) is 0 Å². The first-order valence-electron chi connectivity index (χ1n) is 9.44. The minimum atomic E-state index is -0.889. The van der Waals surface area contributed by atoms with Crippen molar-refractivity contribution in [3.63, 3.8) is 0 Å². The highest BCUT2D eigenvalue weighted by Gasteiger charge is 2.31. The summed E-state index contributed by atoms with van der Waals surface area (Å²) < 4.78 is 1.09. The normalized spacial score (nSPS) is 20.4. The molecule has 1 aliphatic carbocycles. The quantitative estimate of drug-likeness (QED) is 0.638. The maximum atomic E-state index is 10.9. The number of nitrogens with one attached hydrogen (secondary N) is 1. The zero-order chi connectivity index (χ0) is 19.8. The van der Waals surface area contributed by atoms with Crippen molar-refractivity contribution in [2.45, 2.75) is 52.2 Å². The highest BCUT2D eigenvalue weighted by atomic mass is 32.1. The Labute approximate surface area is 167 Å². The summed E-state index contributed by atoms with van der Waals surface area (Å²) >= 11 is 1.61. The lowest BCUT2D eigenvalue weighted by Gasteiger charge is -2.18. The van der Waals surface area contributed by atoms with E-state index in [1.54, 1.807) is 17.5 Å². The van der Waals surface area contributed by atoms with Crippen LogP contribution in [0.25, 0.3) is 20.8 Å². The first-order valence-corrected chi connectivity index (χ1v) is 10.3. The molecule has 8 heteroatoms. The van der Waals surface area contributed by atoms with Crippen LogP contribution in [0.2, 0.25) is 0 Å². The fourth-order valence-corrected chi connectivity index (χ4v) is 5.03. The van der Waals surface area contributed by atoms with Crippen molar-refractivity contribution in [1.29, 1.82) is 0 Å². The van der Waals surface area contributed by atoms with Gasteiger partial charge < -0.3 is 15.2 Å². The SMILES string of the molecule is Cc1nc(C)c(-c2nc3c(C)nccc3s2)c(NC2CCC(C(O)C=O)C2)n1.